The van der Waals surface area contributed by atoms with Crippen molar-refractivity contribution in [2.45, 2.75) is 407 Å². The summed E-state index contributed by atoms with van der Waals surface area (Å²) in [7, 11) is 0. The van der Waals surface area contributed by atoms with Gasteiger partial charge in [-0.1, -0.05) is 286 Å². The topological polar surface area (TPSA) is 307 Å². The Hall–Kier alpha value is -2.51. The van der Waals surface area contributed by atoms with E-state index in [4.69, 9.17) is 28.4 Å². The number of hydrogen-bond acceptors (Lipinski definition) is 18. The predicted octanol–water partition coefficient (Wildman–Crippen LogP) is 12.7. The molecule has 3 saturated heterocycles. The molecule has 0 bridgehead atoms. The molecule has 0 aliphatic carbocycles. The molecule has 0 spiro atoms. The average molecular weight is 1400 g/mol. The summed E-state index contributed by atoms with van der Waals surface area (Å²) in [5.41, 5.74) is 0. The second kappa shape index (κ2) is 59.8. The smallest absolute Gasteiger partial charge is 0.220 e. The minimum atomic E-state index is -1.98. The highest BCUT2D eigenvalue weighted by Gasteiger charge is 2.53. The van der Waals surface area contributed by atoms with Crippen LogP contribution < -0.4 is 5.32 Å². The first-order chi connectivity index (χ1) is 47.8. The Balaban J connectivity index is 1.40. The highest BCUT2D eigenvalue weighted by atomic mass is 16.8. The van der Waals surface area contributed by atoms with Gasteiger partial charge in [0.15, 0.2) is 18.9 Å². The third-order valence-corrected chi connectivity index (χ3v) is 19.5. The van der Waals surface area contributed by atoms with Crippen molar-refractivity contribution in [1.29, 1.82) is 0 Å². The molecule has 3 rings (SSSR count). The van der Waals surface area contributed by atoms with Crippen LogP contribution in [-0.2, 0) is 33.2 Å². The molecule has 17 unspecified atom stereocenters. The molecular weight excluding hydrogens is 1250 g/mol. The molecule has 3 aliphatic heterocycles. The maximum absolute atomic E-state index is 13.5. The minimum Gasteiger partial charge on any atom is -0.394 e. The van der Waals surface area contributed by atoms with Gasteiger partial charge in [-0.15, -0.1) is 0 Å². The van der Waals surface area contributed by atoms with Crippen LogP contribution in [0.25, 0.3) is 0 Å². The number of aliphatic hydroxyl groups is 11. The van der Waals surface area contributed by atoms with E-state index in [1.54, 1.807) is 6.08 Å². The first-order valence-electron chi connectivity index (χ1n) is 39.5. The van der Waals surface area contributed by atoms with Gasteiger partial charge in [0, 0.05) is 6.42 Å². The largest absolute Gasteiger partial charge is 0.394 e. The molecule has 3 aliphatic rings. The van der Waals surface area contributed by atoms with E-state index in [1.807, 2.05) is 6.08 Å². The van der Waals surface area contributed by atoms with Crippen LogP contribution in [0.1, 0.15) is 303 Å². The third kappa shape index (κ3) is 39.9. The second-order valence-electron chi connectivity index (χ2n) is 28.2. The monoisotopic (exact) mass is 1390 g/mol. The van der Waals surface area contributed by atoms with Crippen molar-refractivity contribution in [3.8, 4) is 0 Å². The molecule has 1 amide bonds. The Morgan fingerprint density at radius 1 is 0.367 bits per heavy atom. The van der Waals surface area contributed by atoms with Crippen LogP contribution in [-0.4, -0.2) is 193 Å². The minimum absolute atomic E-state index is 0.232. The quantitative estimate of drug-likeness (QED) is 0.0199. The van der Waals surface area contributed by atoms with Gasteiger partial charge in [-0.25, -0.2) is 0 Å². The number of unbranched alkanes of at least 4 members (excludes halogenated alkanes) is 38. The predicted molar refractivity (Wildman–Crippen MR) is 388 cm³/mol. The molecule has 3 heterocycles. The zero-order valence-corrected chi connectivity index (χ0v) is 61.0. The van der Waals surface area contributed by atoms with Crippen LogP contribution in [0.5, 0.6) is 0 Å². The van der Waals surface area contributed by atoms with Gasteiger partial charge in [-0.2, -0.15) is 0 Å². The molecule has 0 saturated carbocycles. The molecule has 17 atom stereocenters. The Bertz CT molecular complexity index is 2010. The zero-order chi connectivity index (χ0) is 71.1. The Morgan fingerprint density at radius 2 is 0.684 bits per heavy atom. The first kappa shape index (κ1) is 89.7. The van der Waals surface area contributed by atoms with E-state index in [-0.39, 0.29) is 18.9 Å². The van der Waals surface area contributed by atoms with E-state index >= 15 is 0 Å². The normalized spacial score (nSPS) is 27.1. The number of amides is 1. The van der Waals surface area contributed by atoms with Gasteiger partial charge in [0.25, 0.3) is 0 Å². The Kier molecular flexibility index (Phi) is 54.8. The number of carbonyl (C=O) groups excluding carboxylic acids is 1. The Morgan fingerprint density at radius 3 is 1.09 bits per heavy atom. The van der Waals surface area contributed by atoms with E-state index < -0.39 is 124 Å². The fourth-order valence-corrected chi connectivity index (χ4v) is 13.2. The number of hydrogen-bond donors (Lipinski definition) is 12. The lowest BCUT2D eigenvalue weighted by molar-refractivity contribution is -0.379. The lowest BCUT2D eigenvalue weighted by atomic mass is 9.96. The highest BCUT2D eigenvalue weighted by Crippen LogP contribution is 2.33. The number of aliphatic hydroxyl groups excluding tert-OH is 11. The van der Waals surface area contributed by atoms with Crippen LogP contribution in [0.3, 0.4) is 0 Å². The summed E-state index contributed by atoms with van der Waals surface area (Å²) in [4.78, 5) is 13.5. The highest BCUT2D eigenvalue weighted by molar-refractivity contribution is 5.76. The van der Waals surface area contributed by atoms with Gasteiger partial charge in [0.05, 0.1) is 38.6 Å². The average Bonchev–Trinajstić information content (AvgIpc) is 0.785. The third-order valence-electron chi connectivity index (χ3n) is 19.5. The first-order valence-corrected chi connectivity index (χ1v) is 39.5. The van der Waals surface area contributed by atoms with Crippen molar-refractivity contribution in [2.75, 3.05) is 26.4 Å². The van der Waals surface area contributed by atoms with Crippen molar-refractivity contribution < 1.29 is 89.4 Å². The number of allylic oxidation sites excluding steroid dienone is 9. The van der Waals surface area contributed by atoms with Gasteiger partial charge < -0.3 is 89.9 Å². The van der Waals surface area contributed by atoms with Crippen LogP contribution >= 0.6 is 0 Å². The lowest BCUT2D eigenvalue weighted by Crippen LogP contribution is -2.66. The van der Waals surface area contributed by atoms with Gasteiger partial charge in [0.1, 0.15) is 73.2 Å². The van der Waals surface area contributed by atoms with Gasteiger partial charge in [0.2, 0.25) is 5.91 Å². The SMILES string of the molecule is CCCCCCC/C=C\C/C=C\C/C=C\CCCCCCCCCCCCCCC(=O)NC(COC1OC(CO)C(OC2OC(CO)C(OC3OC(CO)C(O)C(O)C3O)C(O)C2O)C(O)C1O)C(O)/C=C/CC/C=C/CCCCCCCCCCCCCCCCCCCCCC. The second-order valence-corrected chi connectivity index (χ2v) is 28.2. The lowest BCUT2D eigenvalue weighted by Gasteiger charge is -2.48. The van der Waals surface area contributed by atoms with Crippen LogP contribution in [0, 0.1) is 0 Å². The molecule has 3 fully saturated rings. The molecule has 12 N–H and O–H groups in total. The summed E-state index contributed by atoms with van der Waals surface area (Å²) in [6.07, 6.45) is 49.2. The van der Waals surface area contributed by atoms with Crippen LogP contribution in [0.4, 0.5) is 0 Å². The summed E-state index contributed by atoms with van der Waals surface area (Å²) >= 11 is 0. The van der Waals surface area contributed by atoms with Crippen molar-refractivity contribution in [3.63, 3.8) is 0 Å². The molecular formula is C79H143NO18. The maximum Gasteiger partial charge on any atom is 0.220 e. The maximum atomic E-state index is 13.5. The molecule has 19 heteroatoms. The summed E-state index contributed by atoms with van der Waals surface area (Å²) < 4.78 is 34.4. The van der Waals surface area contributed by atoms with E-state index in [2.05, 4.69) is 67.8 Å². The van der Waals surface area contributed by atoms with Gasteiger partial charge in [-0.3, -0.25) is 4.79 Å². The van der Waals surface area contributed by atoms with E-state index in [0.29, 0.717) is 12.8 Å². The van der Waals surface area contributed by atoms with Crippen molar-refractivity contribution >= 4 is 5.91 Å². The van der Waals surface area contributed by atoms with Gasteiger partial charge >= 0.3 is 0 Å². The fourth-order valence-electron chi connectivity index (χ4n) is 13.2. The van der Waals surface area contributed by atoms with Gasteiger partial charge in [-0.05, 0) is 70.6 Å². The Labute approximate surface area is 592 Å². The van der Waals surface area contributed by atoms with Crippen LogP contribution in [0.2, 0.25) is 0 Å². The molecule has 19 nitrogen and oxygen atoms in total. The molecule has 0 radical (unpaired) electrons. The number of rotatable bonds is 62. The van der Waals surface area contributed by atoms with E-state index in [9.17, 15) is 61.0 Å². The summed E-state index contributed by atoms with van der Waals surface area (Å²) in [5, 5.41) is 121. The standard InChI is InChI=1S/C79H143NO18/c1-3-5-7-9-11-13-15-17-19-21-23-25-27-29-31-33-35-37-39-41-43-45-47-49-51-53-55-57-67(85)80-62(63(84)56-54-52-50-48-46-44-42-40-38-36-34-32-30-28-26-24-22-20-18-16-14-12-10-8-6-4-2)61-93-77-73(91)70(88)75(65(59-82)95-77)98-79-74(92)71(89)76(66(60-83)96-79)97-78-72(90)69(87)68(86)64(58-81)94-78/h15,17,21,23,27,29,46,48,54,56,62-66,68-79,81-84,86-92H,3-14,16,18-20,22,24-26,28,30-45,47,49-53,55,57-61H2,1-2H3,(H,80,85)/b17-15-,23-21-,29-27-,48-46+,56-54+. The molecule has 0 aromatic rings. The molecule has 0 aromatic heterocycles. The van der Waals surface area contributed by atoms with E-state index in [0.717, 1.165) is 57.8 Å². The summed E-state index contributed by atoms with van der Waals surface area (Å²) in [6, 6.07) is -0.995. The number of carbonyl (C=O) groups is 1. The summed E-state index contributed by atoms with van der Waals surface area (Å²) in [5.74, 6) is -0.285. The van der Waals surface area contributed by atoms with Crippen molar-refractivity contribution in [3.05, 3.63) is 60.8 Å². The van der Waals surface area contributed by atoms with E-state index in [1.165, 1.54) is 212 Å². The fraction of sp³-hybridized carbons (Fsp3) is 0.861. The molecule has 572 valence electrons. The van der Waals surface area contributed by atoms with Crippen LogP contribution in [0.15, 0.2) is 60.8 Å². The molecule has 0 aromatic carbocycles. The number of nitrogens with one attached hydrogen (secondary N) is 1. The summed E-state index contributed by atoms with van der Waals surface area (Å²) in [6.45, 7) is 1.74. The zero-order valence-electron chi connectivity index (χ0n) is 61.0. The van der Waals surface area contributed by atoms with Crippen molar-refractivity contribution in [1.82, 2.24) is 5.32 Å². The number of ether oxygens (including phenoxy) is 6. The molecule has 98 heavy (non-hydrogen) atoms. The van der Waals surface area contributed by atoms with Crippen molar-refractivity contribution in [2.24, 2.45) is 0 Å².